The van der Waals surface area contributed by atoms with Crippen molar-refractivity contribution in [1.29, 1.82) is 0 Å². The number of non-ortho nitro benzene ring substituents is 1. The van der Waals surface area contributed by atoms with Crippen LogP contribution in [0.2, 0.25) is 0 Å². The molecule has 2 aliphatic rings. The van der Waals surface area contributed by atoms with Gasteiger partial charge in [0.25, 0.3) is 5.69 Å². The molecule has 0 saturated carbocycles. The highest BCUT2D eigenvalue weighted by atomic mass is 16.6. The molecule has 0 spiro atoms. The molecule has 150 heavy (non-hydrogen) atoms. The highest BCUT2D eigenvalue weighted by Crippen LogP contribution is 2.50. The van der Waals surface area contributed by atoms with E-state index in [2.05, 4.69) is 188 Å². The summed E-state index contributed by atoms with van der Waals surface area (Å²) in [6.45, 7) is 0.578. The number of benzene rings is 17. The number of hydrogen-bond acceptors (Lipinski definition) is 17. The number of fused-ring (bicyclic) bond motifs is 8. The van der Waals surface area contributed by atoms with Crippen molar-refractivity contribution in [3.05, 3.63) is 493 Å². The molecule has 0 amide bonds. The summed E-state index contributed by atoms with van der Waals surface area (Å²) in [6, 6.07) is 129. The Kier molecular flexibility index (Phi) is 45.4. The van der Waals surface area contributed by atoms with E-state index in [1.165, 1.54) is 89.0 Å². The summed E-state index contributed by atoms with van der Waals surface area (Å²) < 4.78 is 77.9. The second-order valence-electron chi connectivity index (χ2n) is 35.5. The van der Waals surface area contributed by atoms with Gasteiger partial charge in [0.1, 0.15) is 92.8 Å². The first kappa shape index (κ1) is 112. The van der Waals surface area contributed by atoms with Gasteiger partial charge >= 0.3 is 0 Å². The Morgan fingerprint density at radius 2 is 0.400 bits per heavy atom. The van der Waals surface area contributed by atoms with Gasteiger partial charge < -0.3 is 71.1 Å². The van der Waals surface area contributed by atoms with Gasteiger partial charge in [-0.25, -0.2) is 0 Å². The molecule has 1 heterocycles. The predicted molar refractivity (Wildman–Crippen MR) is 607 cm³/mol. The Hall–Kier alpha value is -16.9. The zero-order valence-electron chi connectivity index (χ0n) is 88.7. The standard InChI is InChI=1S/C20H13NO3.7C16H18O2/c22-21(23)13-7-8-14-12(10-13)11-18-17-6-3-9-24-20(17)16-5-2-1-4-15(16)19(14)18;7*1-17-15-9-5-13(6-10-15)3-4-14-7-11-16(18-2)12-8-14/h1-8,10H,9,11H2;7*5-12H,3-4H2,1-2H3. The third kappa shape index (κ3) is 35.8. The molecule has 18 nitrogen and oxygen atoms in total. The summed E-state index contributed by atoms with van der Waals surface area (Å²) in [7, 11) is 23.6. The monoisotopic (exact) mass is 2010 g/mol. The quantitative estimate of drug-likeness (QED) is 0.0267. The number of methoxy groups -OCH3 is 14. The van der Waals surface area contributed by atoms with E-state index in [9.17, 15) is 10.1 Å². The van der Waals surface area contributed by atoms with Crippen molar-refractivity contribution in [2.45, 2.75) is 96.3 Å². The molecule has 0 aromatic heterocycles. The largest absolute Gasteiger partial charge is 0.497 e. The average molecular weight is 2010 g/mol. The van der Waals surface area contributed by atoms with Crippen molar-refractivity contribution >= 4 is 22.5 Å². The highest BCUT2D eigenvalue weighted by molar-refractivity contribution is 6.07. The van der Waals surface area contributed by atoms with E-state index >= 15 is 0 Å². The summed E-state index contributed by atoms with van der Waals surface area (Å²) in [5.41, 5.74) is 24.3. The normalized spacial score (nSPS) is 10.7. The van der Waals surface area contributed by atoms with Gasteiger partial charge in [-0.05, 0) is 384 Å². The lowest BCUT2D eigenvalue weighted by molar-refractivity contribution is -0.384. The number of ether oxygens (including phenoxy) is 15. The smallest absolute Gasteiger partial charge is 0.269 e. The van der Waals surface area contributed by atoms with Crippen LogP contribution in [0.3, 0.4) is 0 Å². The van der Waals surface area contributed by atoms with E-state index in [4.69, 9.17) is 71.1 Å². The molecular formula is C132H139NO17. The van der Waals surface area contributed by atoms with Crippen molar-refractivity contribution in [2.24, 2.45) is 0 Å². The van der Waals surface area contributed by atoms with E-state index in [0.29, 0.717) is 13.0 Å². The lowest BCUT2D eigenvalue weighted by Crippen LogP contribution is -2.04. The van der Waals surface area contributed by atoms with Crippen LogP contribution in [0.25, 0.3) is 28.0 Å². The fourth-order valence-corrected chi connectivity index (χ4v) is 17.0. The van der Waals surface area contributed by atoms with Gasteiger partial charge in [-0.15, -0.1) is 0 Å². The fourth-order valence-electron chi connectivity index (χ4n) is 17.0. The second-order valence-corrected chi connectivity index (χ2v) is 35.5. The summed E-state index contributed by atoms with van der Waals surface area (Å²) in [5, 5.41) is 13.3. The van der Waals surface area contributed by atoms with Gasteiger partial charge in [0.15, 0.2) is 0 Å². The van der Waals surface area contributed by atoms with Crippen LogP contribution in [0.15, 0.2) is 388 Å². The number of nitro benzene ring substituents is 1. The highest BCUT2D eigenvalue weighted by Gasteiger charge is 2.29. The first-order valence-corrected chi connectivity index (χ1v) is 50.4. The van der Waals surface area contributed by atoms with E-state index in [1.54, 1.807) is 112 Å². The van der Waals surface area contributed by atoms with Crippen molar-refractivity contribution in [3.8, 4) is 97.4 Å². The molecule has 0 N–H and O–H groups in total. The predicted octanol–water partition coefficient (Wildman–Crippen LogP) is 29.1. The van der Waals surface area contributed by atoms with Crippen LogP contribution in [0.5, 0.6) is 86.2 Å². The Morgan fingerprint density at radius 1 is 0.227 bits per heavy atom. The minimum Gasteiger partial charge on any atom is -0.497 e. The van der Waals surface area contributed by atoms with E-state index in [0.717, 1.165) is 204 Å². The maximum atomic E-state index is 11.1. The minimum absolute atomic E-state index is 0.145. The maximum absolute atomic E-state index is 11.1. The molecular weight excluding hydrogens is 1870 g/mol. The SMILES string of the molecule is COc1ccc(CCc2ccc(OC)cc2)cc1.COc1ccc(CCc2ccc(OC)cc2)cc1.COc1ccc(CCc2ccc(OC)cc2)cc1.COc1ccc(CCc2ccc(OC)cc2)cc1.COc1ccc(CCc2ccc(OC)cc2)cc1.COc1ccc(CCc2ccc(OC)cc2)cc1.COc1ccc(CCc2ccc(OC)cc2)cc1.O=[N+]([O-])c1ccc2c(c1)Cc1c3c(c4ccccc4c1-2)OCC=C3. The second kappa shape index (κ2) is 60.9. The van der Waals surface area contributed by atoms with E-state index < -0.39 is 0 Å². The third-order valence-electron chi connectivity index (χ3n) is 26.0. The zero-order valence-corrected chi connectivity index (χ0v) is 88.7. The molecule has 17 aromatic rings. The van der Waals surface area contributed by atoms with Gasteiger partial charge in [-0.2, -0.15) is 0 Å². The molecule has 0 unspecified atom stereocenters. The van der Waals surface area contributed by atoms with E-state index in [1.807, 2.05) is 194 Å². The first-order valence-electron chi connectivity index (χ1n) is 50.4. The molecule has 17 aromatic carbocycles. The van der Waals surface area contributed by atoms with Crippen molar-refractivity contribution in [1.82, 2.24) is 0 Å². The molecule has 0 fully saturated rings. The van der Waals surface area contributed by atoms with Crippen LogP contribution in [-0.2, 0) is 96.3 Å². The molecule has 1 aliphatic carbocycles. The third-order valence-corrected chi connectivity index (χ3v) is 26.0. The number of hydrogen-bond donors (Lipinski definition) is 0. The lowest BCUT2D eigenvalue weighted by Gasteiger charge is -2.19. The molecule has 774 valence electrons. The summed E-state index contributed by atoms with van der Waals surface area (Å²) in [4.78, 5) is 10.8. The molecule has 0 atom stereocenters. The summed E-state index contributed by atoms with van der Waals surface area (Å²) in [6.07, 6.45) is 19.4. The topological polar surface area (TPSA) is 182 Å². The molecule has 1 aliphatic heterocycles. The molecule has 0 radical (unpaired) electrons. The Bertz CT molecular complexity index is 5590. The lowest BCUT2D eigenvalue weighted by atomic mass is 9.92. The zero-order chi connectivity index (χ0) is 106. The van der Waals surface area contributed by atoms with Crippen LogP contribution in [0, 0.1) is 10.1 Å². The van der Waals surface area contributed by atoms with Crippen molar-refractivity contribution < 1.29 is 76.0 Å². The molecule has 18 heteroatoms. The van der Waals surface area contributed by atoms with Crippen LogP contribution in [-0.4, -0.2) is 111 Å². The number of rotatable bonds is 36. The number of nitrogens with zero attached hydrogens (tertiary/aromatic N) is 1. The Balaban J connectivity index is 0.000000152. The Morgan fingerprint density at radius 3 is 0.567 bits per heavy atom. The van der Waals surface area contributed by atoms with Crippen molar-refractivity contribution in [3.63, 3.8) is 0 Å². The maximum Gasteiger partial charge on any atom is 0.269 e. The van der Waals surface area contributed by atoms with Crippen LogP contribution in [0.1, 0.15) is 94.6 Å². The number of aryl methyl sites for hydroxylation is 14. The van der Waals surface area contributed by atoms with Gasteiger partial charge in [-0.1, -0.05) is 200 Å². The summed E-state index contributed by atoms with van der Waals surface area (Å²) in [5.74, 6) is 13.6. The average Bonchev–Trinajstić information content (AvgIpc) is 1.56. The number of nitro groups is 1. The van der Waals surface area contributed by atoms with Gasteiger partial charge in [0, 0.05) is 23.1 Å². The van der Waals surface area contributed by atoms with E-state index in [-0.39, 0.29) is 10.6 Å². The van der Waals surface area contributed by atoms with Crippen LogP contribution in [0.4, 0.5) is 5.69 Å². The van der Waals surface area contributed by atoms with Gasteiger partial charge in [0.05, 0.1) is 104 Å². The Labute approximate surface area is 885 Å². The summed E-state index contributed by atoms with van der Waals surface area (Å²) >= 11 is 0. The fraction of sp³-hybridized carbons (Fsp3) is 0.227. The molecule has 0 bridgehead atoms. The van der Waals surface area contributed by atoms with Crippen molar-refractivity contribution in [2.75, 3.05) is 106 Å². The van der Waals surface area contributed by atoms with Crippen LogP contribution >= 0.6 is 0 Å². The first-order chi connectivity index (χ1) is 73.4. The molecule has 0 saturated heterocycles. The minimum atomic E-state index is -0.333. The van der Waals surface area contributed by atoms with Gasteiger partial charge in [0.2, 0.25) is 0 Å². The molecule has 19 rings (SSSR count). The van der Waals surface area contributed by atoms with Crippen LogP contribution < -0.4 is 71.1 Å². The van der Waals surface area contributed by atoms with Gasteiger partial charge in [-0.3, -0.25) is 10.1 Å².